The molecule has 0 unspecified atom stereocenters. The van der Waals surface area contributed by atoms with Crippen molar-refractivity contribution in [3.63, 3.8) is 0 Å². The van der Waals surface area contributed by atoms with Crippen LogP contribution in [0.25, 0.3) is 0 Å². The largest absolute Gasteiger partial charge is 0.465 e. The van der Waals surface area contributed by atoms with E-state index in [-0.39, 0.29) is 5.91 Å². The zero-order valence-corrected chi connectivity index (χ0v) is 15.6. The van der Waals surface area contributed by atoms with Crippen LogP contribution in [-0.2, 0) is 11.3 Å². The number of rotatable bonds is 4. The standard InChI is InChI=1S/C18H20ClN5O3/c1-13(25)24(12-14-3-2-4-15(19)9-14)17-11-20-10-16(21-17)22-5-7-23(8-6-22)18(26)27/h2-4,9-11H,5-8,12H2,1H3,(H,26,27). The van der Waals surface area contributed by atoms with Gasteiger partial charge in [0.15, 0.2) is 5.82 Å². The number of benzene rings is 1. The molecule has 0 spiro atoms. The van der Waals surface area contributed by atoms with Crippen molar-refractivity contribution in [3.05, 3.63) is 47.2 Å². The fourth-order valence-electron chi connectivity index (χ4n) is 2.93. The maximum Gasteiger partial charge on any atom is 0.407 e. The fraction of sp³-hybridized carbons (Fsp3) is 0.333. The molecule has 1 aliphatic heterocycles. The molecule has 0 atom stereocenters. The summed E-state index contributed by atoms with van der Waals surface area (Å²) in [6, 6.07) is 7.31. The molecule has 1 saturated heterocycles. The summed E-state index contributed by atoms with van der Waals surface area (Å²) < 4.78 is 0. The summed E-state index contributed by atoms with van der Waals surface area (Å²) in [6.07, 6.45) is 2.25. The zero-order chi connectivity index (χ0) is 19.4. The van der Waals surface area contributed by atoms with E-state index in [4.69, 9.17) is 16.7 Å². The Morgan fingerprint density at radius 1 is 1.22 bits per heavy atom. The second kappa shape index (κ2) is 8.22. The van der Waals surface area contributed by atoms with E-state index in [1.54, 1.807) is 24.5 Å². The average Bonchev–Trinajstić information content (AvgIpc) is 2.66. The van der Waals surface area contributed by atoms with E-state index in [0.717, 1.165) is 5.56 Å². The number of halogens is 1. The van der Waals surface area contributed by atoms with Crippen LogP contribution >= 0.6 is 11.6 Å². The van der Waals surface area contributed by atoms with Crippen molar-refractivity contribution in [3.8, 4) is 0 Å². The minimum absolute atomic E-state index is 0.155. The lowest BCUT2D eigenvalue weighted by Gasteiger charge is -2.34. The molecule has 1 aromatic carbocycles. The summed E-state index contributed by atoms with van der Waals surface area (Å²) in [5, 5.41) is 9.66. The normalized spacial score (nSPS) is 14.1. The molecule has 2 aromatic rings. The highest BCUT2D eigenvalue weighted by Crippen LogP contribution is 2.20. The summed E-state index contributed by atoms with van der Waals surface area (Å²) >= 11 is 6.03. The highest BCUT2D eigenvalue weighted by Gasteiger charge is 2.22. The Labute approximate surface area is 162 Å². The van der Waals surface area contributed by atoms with Crippen molar-refractivity contribution < 1.29 is 14.7 Å². The summed E-state index contributed by atoms with van der Waals surface area (Å²) in [5.41, 5.74) is 0.889. The van der Waals surface area contributed by atoms with Crippen molar-refractivity contribution in [2.24, 2.45) is 0 Å². The lowest BCUT2D eigenvalue weighted by molar-refractivity contribution is -0.116. The Hall–Kier alpha value is -2.87. The van der Waals surface area contributed by atoms with E-state index in [2.05, 4.69) is 9.97 Å². The molecule has 0 aliphatic carbocycles. The summed E-state index contributed by atoms with van der Waals surface area (Å²) in [6.45, 7) is 3.67. The highest BCUT2D eigenvalue weighted by atomic mass is 35.5. The van der Waals surface area contributed by atoms with Gasteiger partial charge in [-0.3, -0.25) is 14.7 Å². The molecular formula is C18H20ClN5O3. The zero-order valence-electron chi connectivity index (χ0n) is 14.9. The molecular weight excluding hydrogens is 370 g/mol. The molecule has 1 N–H and O–H groups in total. The molecule has 0 saturated carbocycles. The lowest BCUT2D eigenvalue weighted by atomic mass is 10.2. The number of hydrogen-bond donors (Lipinski definition) is 1. The molecule has 1 fully saturated rings. The predicted molar refractivity (Wildman–Crippen MR) is 102 cm³/mol. The minimum Gasteiger partial charge on any atom is -0.465 e. The first-order valence-corrected chi connectivity index (χ1v) is 8.89. The molecule has 1 aromatic heterocycles. The highest BCUT2D eigenvalue weighted by molar-refractivity contribution is 6.30. The quantitative estimate of drug-likeness (QED) is 0.864. The maximum absolute atomic E-state index is 12.2. The van der Waals surface area contributed by atoms with Crippen LogP contribution in [0, 0.1) is 0 Å². The number of aromatic nitrogens is 2. The van der Waals surface area contributed by atoms with E-state index < -0.39 is 6.09 Å². The number of nitrogens with zero attached hydrogens (tertiary/aromatic N) is 5. The van der Waals surface area contributed by atoms with Gasteiger partial charge in [0.25, 0.3) is 0 Å². The van der Waals surface area contributed by atoms with Gasteiger partial charge in [-0.1, -0.05) is 23.7 Å². The van der Waals surface area contributed by atoms with E-state index in [1.807, 2.05) is 17.0 Å². The number of carboxylic acid groups (broad SMARTS) is 1. The van der Waals surface area contributed by atoms with Crippen LogP contribution in [0.2, 0.25) is 5.02 Å². The molecule has 2 heterocycles. The first-order chi connectivity index (χ1) is 12.9. The summed E-state index contributed by atoms with van der Waals surface area (Å²) in [4.78, 5) is 36.9. The van der Waals surface area contributed by atoms with Crippen LogP contribution in [0.15, 0.2) is 36.7 Å². The lowest BCUT2D eigenvalue weighted by Crippen LogP contribution is -2.48. The number of hydrogen-bond acceptors (Lipinski definition) is 5. The van der Waals surface area contributed by atoms with Crippen LogP contribution in [0.4, 0.5) is 16.4 Å². The molecule has 8 nitrogen and oxygen atoms in total. The number of carbonyl (C=O) groups is 2. The summed E-state index contributed by atoms with van der Waals surface area (Å²) in [7, 11) is 0. The first-order valence-electron chi connectivity index (χ1n) is 8.51. The van der Waals surface area contributed by atoms with Gasteiger partial charge in [-0.05, 0) is 17.7 Å². The monoisotopic (exact) mass is 389 g/mol. The Morgan fingerprint density at radius 3 is 2.59 bits per heavy atom. The van der Waals surface area contributed by atoms with Gasteiger partial charge in [-0.2, -0.15) is 0 Å². The molecule has 0 radical (unpaired) electrons. The van der Waals surface area contributed by atoms with Gasteiger partial charge in [-0.15, -0.1) is 0 Å². The number of amides is 2. The van der Waals surface area contributed by atoms with Crippen LogP contribution in [0.5, 0.6) is 0 Å². The van der Waals surface area contributed by atoms with Crippen LogP contribution < -0.4 is 9.80 Å². The van der Waals surface area contributed by atoms with Crippen LogP contribution in [0.1, 0.15) is 12.5 Å². The van der Waals surface area contributed by atoms with Gasteiger partial charge in [-0.25, -0.2) is 9.78 Å². The molecule has 2 amide bonds. The van der Waals surface area contributed by atoms with Gasteiger partial charge in [0, 0.05) is 38.1 Å². The topological polar surface area (TPSA) is 89.9 Å². The van der Waals surface area contributed by atoms with Crippen molar-refractivity contribution in [1.82, 2.24) is 14.9 Å². The van der Waals surface area contributed by atoms with Crippen LogP contribution in [-0.4, -0.2) is 58.2 Å². The third kappa shape index (κ3) is 4.65. The third-order valence-corrected chi connectivity index (χ3v) is 4.60. The smallest absolute Gasteiger partial charge is 0.407 e. The molecule has 9 heteroatoms. The van der Waals surface area contributed by atoms with Gasteiger partial charge >= 0.3 is 6.09 Å². The van der Waals surface area contributed by atoms with E-state index >= 15 is 0 Å². The Balaban J connectivity index is 1.78. The van der Waals surface area contributed by atoms with E-state index in [9.17, 15) is 9.59 Å². The minimum atomic E-state index is -0.918. The molecule has 142 valence electrons. The van der Waals surface area contributed by atoms with Crippen molar-refractivity contribution in [1.29, 1.82) is 0 Å². The molecule has 27 heavy (non-hydrogen) atoms. The Bertz CT molecular complexity index is 839. The second-order valence-corrected chi connectivity index (χ2v) is 6.66. The molecule has 1 aliphatic rings. The average molecular weight is 390 g/mol. The molecule has 3 rings (SSSR count). The van der Waals surface area contributed by atoms with Crippen LogP contribution in [0.3, 0.4) is 0 Å². The van der Waals surface area contributed by atoms with Crippen molar-refractivity contribution in [2.75, 3.05) is 36.0 Å². The van der Waals surface area contributed by atoms with Gasteiger partial charge in [0.05, 0.1) is 18.9 Å². The third-order valence-electron chi connectivity index (χ3n) is 4.37. The van der Waals surface area contributed by atoms with Gasteiger partial charge < -0.3 is 14.9 Å². The molecule has 0 bridgehead atoms. The van der Waals surface area contributed by atoms with Crippen molar-refractivity contribution >= 4 is 35.2 Å². The predicted octanol–water partition coefficient (Wildman–Crippen LogP) is 2.48. The SMILES string of the molecule is CC(=O)N(Cc1cccc(Cl)c1)c1cncc(N2CCN(C(=O)O)CC2)n1. The fourth-order valence-corrected chi connectivity index (χ4v) is 3.14. The van der Waals surface area contributed by atoms with E-state index in [1.165, 1.54) is 16.7 Å². The second-order valence-electron chi connectivity index (χ2n) is 6.23. The number of anilines is 2. The summed E-state index contributed by atoms with van der Waals surface area (Å²) in [5.74, 6) is 0.910. The Kier molecular flexibility index (Phi) is 5.75. The first kappa shape index (κ1) is 18.9. The Morgan fingerprint density at radius 2 is 1.96 bits per heavy atom. The maximum atomic E-state index is 12.2. The van der Waals surface area contributed by atoms with Gasteiger partial charge in [0.2, 0.25) is 5.91 Å². The van der Waals surface area contributed by atoms with Gasteiger partial charge in [0.1, 0.15) is 5.82 Å². The van der Waals surface area contributed by atoms with Crippen molar-refractivity contribution in [2.45, 2.75) is 13.5 Å². The van der Waals surface area contributed by atoms with E-state index in [0.29, 0.717) is 49.4 Å². The number of piperazine rings is 1. The number of carbonyl (C=O) groups excluding carboxylic acids is 1.